The van der Waals surface area contributed by atoms with Gasteiger partial charge in [0.15, 0.2) is 0 Å². The van der Waals surface area contributed by atoms with E-state index in [4.69, 9.17) is 0 Å². The molecule has 6 heteroatoms. The van der Waals surface area contributed by atoms with Gasteiger partial charge in [-0.25, -0.2) is 4.98 Å². The summed E-state index contributed by atoms with van der Waals surface area (Å²) in [6, 6.07) is 6.65. The van der Waals surface area contributed by atoms with Crippen molar-refractivity contribution < 1.29 is 4.79 Å². The van der Waals surface area contributed by atoms with Gasteiger partial charge >= 0.3 is 0 Å². The van der Waals surface area contributed by atoms with Crippen molar-refractivity contribution in [3.63, 3.8) is 0 Å². The largest absolute Gasteiger partial charge is 0.313 e. The van der Waals surface area contributed by atoms with E-state index in [2.05, 4.69) is 15.2 Å². The van der Waals surface area contributed by atoms with Crippen LogP contribution >= 0.6 is 0 Å². The maximum absolute atomic E-state index is 12.3. The van der Waals surface area contributed by atoms with Gasteiger partial charge in [0, 0.05) is 31.5 Å². The molecule has 1 fully saturated rings. The van der Waals surface area contributed by atoms with Crippen LogP contribution < -0.4 is 10.9 Å². The molecule has 0 atom stereocenters. The lowest BCUT2D eigenvalue weighted by Crippen LogP contribution is -2.29. The van der Waals surface area contributed by atoms with Gasteiger partial charge in [0.2, 0.25) is 0 Å². The highest BCUT2D eigenvalue weighted by Crippen LogP contribution is 2.08. The number of anilines is 1. The number of nitrogens with one attached hydrogen (secondary N) is 1. The van der Waals surface area contributed by atoms with Crippen LogP contribution in [0.2, 0.25) is 0 Å². The number of nitrogens with zero attached hydrogens (tertiary/aromatic N) is 3. The normalized spacial score (nSPS) is 14.7. The summed E-state index contributed by atoms with van der Waals surface area (Å²) < 4.78 is 1.61. The number of aromatic nitrogens is 2. The molecule has 0 spiro atoms. The zero-order valence-electron chi connectivity index (χ0n) is 13.9. The van der Waals surface area contributed by atoms with Gasteiger partial charge < -0.3 is 14.8 Å². The summed E-state index contributed by atoms with van der Waals surface area (Å²) in [5.74, 6) is 0.238. The summed E-state index contributed by atoms with van der Waals surface area (Å²) in [4.78, 5) is 30.8. The Bertz CT molecular complexity index is 761. The van der Waals surface area contributed by atoms with Crippen LogP contribution in [-0.4, -0.2) is 40.0 Å². The molecule has 2 aromatic heterocycles. The lowest BCUT2D eigenvalue weighted by molar-refractivity contribution is 0.102. The van der Waals surface area contributed by atoms with Crippen molar-refractivity contribution in [2.75, 3.05) is 25.0 Å². The van der Waals surface area contributed by atoms with Gasteiger partial charge in [-0.05, 0) is 50.6 Å². The fourth-order valence-corrected chi connectivity index (χ4v) is 2.83. The number of amides is 1. The monoisotopic (exact) mass is 326 g/mol. The summed E-state index contributed by atoms with van der Waals surface area (Å²) in [5.41, 5.74) is 1.40. The maximum atomic E-state index is 12.3. The average molecular weight is 326 g/mol. The van der Waals surface area contributed by atoms with Crippen LogP contribution in [0.5, 0.6) is 0 Å². The van der Waals surface area contributed by atoms with Crippen molar-refractivity contribution in [3.05, 3.63) is 58.1 Å². The molecule has 24 heavy (non-hydrogen) atoms. The van der Waals surface area contributed by atoms with Crippen molar-refractivity contribution in [1.29, 1.82) is 0 Å². The molecule has 2 aromatic rings. The number of likely N-dealkylation sites (tertiary alicyclic amines) is 1. The zero-order valence-corrected chi connectivity index (χ0v) is 13.9. The lowest BCUT2D eigenvalue weighted by Gasteiger charge is -2.15. The minimum atomic E-state index is -0.263. The molecule has 1 N–H and O–H groups in total. The summed E-state index contributed by atoms with van der Waals surface area (Å²) in [6.45, 7) is 5.56. The van der Waals surface area contributed by atoms with Crippen molar-refractivity contribution >= 4 is 11.7 Å². The molecule has 1 aliphatic heterocycles. The third-order valence-electron chi connectivity index (χ3n) is 4.25. The minimum Gasteiger partial charge on any atom is -0.313 e. The van der Waals surface area contributed by atoms with Crippen molar-refractivity contribution in [2.45, 2.75) is 26.3 Å². The van der Waals surface area contributed by atoms with Gasteiger partial charge in [0.1, 0.15) is 5.82 Å². The standard InChI is InChI=1S/C18H22N4O2/c1-14-4-6-16(19-12-14)20-18(24)15-5-7-17(23)22(13-15)11-10-21-8-2-3-9-21/h4-7,12-13H,2-3,8-11H2,1H3,(H,19,20,24). The maximum Gasteiger partial charge on any atom is 0.258 e. The Morgan fingerprint density at radius 2 is 1.96 bits per heavy atom. The Morgan fingerprint density at radius 1 is 1.17 bits per heavy atom. The van der Waals surface area contributed by atoms with E-state index < -0.39 is 0 Å². The van der Waals surface area contributed by atoms with Gasteiger partial charge in [0.25, 0.3) is 11.5 Å². The summed E-state index contributed by atoms with van der Waals surface area (Å²) in [7, 11) is 0. The third kappa shape index (κ3) is 4.08. The minimum absolute atomic E-state index is 0.0841. The fourth-order valence-electron chi connectivity index (χ4n) is 2.83. The number of carbonyl (C=O) groups excluding carboxylic acids is 1. The van der Waals surface area contributed by atoms with Crippen LogP contribution in [0.3, 0.4) is 0 Å². The van der Waals surface area contributed by atoms with E-state index in [0.717, 1.165) is 25.2 Å². The molecule has 0 saturated carbocycles. The first-order chi connectivity index (χ1) is 11.6. The second-order valence-electron chi connectivity index (χ2n) is 6.17. The molecule has 1 saturated heterocycles. The smallest absolute Gasteiger partial charge is 0.258 e. The number of hydrogen-bond acceptors (Lipinski definition) is 4. The first-order valence-electron chi connectivity index (χ1n) is 8.29. The van der Waals surface area contributed by atoms with E-state index in [-0.39, 0.29) is 11.5 Å². The molecule has 3 rings (SSSR count). The van der Waals surface area contributed by atoms with Crippen LogP contribution in [0.1, 0.15) is 28.8 Å². The lowest BCUT2D eigenvalue weighted by atomic mass is 10.2. The summed E-state index contributed by atoms with van der Waals surface area (Å²) in [5, 5.41) is 2.75. The number of pyridine rings is 2. The van der Waals surface area contributed by atoms with Gasteiger partial charge in [-0.15, -0.1) is 0 Å². The van der Waals surface area contributed by atoms with Crippen molar-refractivity contribution in [2.24, 2.45) is 0 Å². The molecular formula is C18H22N4O2. The average Bonchev–Trinajstić information content (AvgIpc) is 3.09. The van der Waals surface area contributed by atoms with Crippen LogP contribution in [0.25, 0.3) is 0 Å². The summed E-state index contributed by atoms with van der Waals surface area (Å²) >= 11 is 0. The fraction of sp³-hybridized carbons (Fsp3) is 0.389. The summed E-state index contributed by atoms with van der Waals surface area (Å²) in [6.07, 6.45) is 5.77. The van der Waals surface area contributed by atoms with Crippen LogP contribution in [-0.2, 0) is 6.54 Å². The van der Waals surface area contributed by atoms with Gasteiger partial charge in [-0.2, -0.15) is 0 Å². The molecule has 6 nitrogen and oxygen atoms in total. The molecular weight excluding hydrogens is 304 g/mol. The number of rotatable bonds is 5. The van der Waals surface area contributed by atoms with E-state index in [9.17, 15) is 9.59 Å². The second-order valence-corrected chi connectivity index (χ2v) is 6.17. The van der Waals surface area contributed by atoms with Crippen LogP contribution in [0.15, 0.2) is 41.5 Å². The highest BCUT2D eigenvalue weighted by Gasteiger charge is 2.12. The molecule has 0 radical (unpaired) electrons. The molecule has 3 heterocycles. The number of hydrogen-bond donors (Lipinski definition) is 1. The molecule has 0 bridgehead atoms. The van der Waals surface area contributed by atoms with Gasteiger partial charge in [0.05, 0.1) is 5.56 Å². The Balaban J connectivity index is 1.68. The van der Waals surface area contributed by atoms with Crippen LogP contribution in [0, 0.1) is 6.92 Å². The molecule has 0 aliphatic carbocycles. The highest BCUT2D eigenvalue weighted by molar-refractivity contribution is 6.03. The highest BCUT2D eigenvalue weighted by atomic mass is 16.2. The Labute approximate surface area is 141 Å². The van der Waals surface area contributed by atoms with Gasteiger partial charge in [-0.3, -0.25) is 9.59 Å². The molecule has 1 aliphatic rings. The molecule has 126 valence electrons. The predicted octanol–water partition coefficient (Wildman–Crippen LogP) is 1.90. The van der Waals surface area contributed by atoms with E-state index >= 15 is 0 Å². The zero-order chi connectivity index (χ0) is 16.9. The molecule has 1 amide bonds. The predicted molar refractivity (Wildman–Crippen MR) is 93.3 cm³/mol. The van der Waals surface area contributed by atoms with E-state index in [1.807, 2.05) is 13.0 Å². The van der Waals surface area contributed by atoms with Crippen LogP contribution in [0.4, 0.5) is 5.82 Å². The Hall–Kier alpha value is -2.47. The first kappa shape index (κ1) is 16.4. The van der Waals surface area contributed by atoms with E-state index in [1.54, 1.807) is 29.1 Å². The Kier molecular flexibility index (Phi) is 5.05. The van der Waals surface area contributed by atoms with Gasteiger partial charge in [-0.1, -0.05) is 6.07 Å². The van der Waals surface area contributed by atoms with E-state index in [1.165, 1.54) is 18.9 Å². The SMILES string of the molecule is Cc1ccc(NC(=O)c2ccc(=O)n(CCN3CCCC3)c2)nc1. The Morgan fingerprint density at radius 3 is 2.67 bits per heavy atom. The molecule has 0 aromatic carbocycles. The quantitative estimate of drug-likeness (QED) is 0.911. The van der Waals surface area contributed by atoms with Crippen molar-refractivity contribution in [3.8, 4) is 0 Å². The van der Waals surface area contributed by atoms with Crippen molar-refractivity contribution in [1.82, 2.24) is 14.5 Å². The number of aryl methyl sites for hydroxylation is 1. The molecule has 0 unspecified atom stereocenters. The number of carbonyl (C=O) groups is 1. The topological polar surface area (TPSA) is 67.2 Å². The second kappa shape index (κ2) is 7.40. The third-order valence-corrected chi connectivity index (χ3v) is 4.25. The van der Waals surface area contributed by atoms with E-state index in [0.29, 0.717) is 17.9 Å². The first-order valence-corrected chi connectivity index (χ1v) is 8.29.